The minimum atomic E-state index is -0.209. The Morgan fingerprint density at radius 3 is 2.59 bits per heavy atom. The summed E-state index contributed by atoms with van der Waals surface area (Å²) >= 11 is 1.46. The molecule has 1 aromatic heterocycles. The molecule has 0 saturated heterocycles. The number of hydrogen-bond acceptors (Lipinski definition) is 5. The van der Waals surface area contributed by atoms with Crippen molar-refractivity contribution in [2.24, 2.45) is 0 Å². The molecule has 0 aliphatic carbocycles. The van der Waals surface area contributed by atoms with E-state index in [0.29, 0.717) is 34.9 Å². The van der Waals surface area contributed by atoms with E-state index in [-0.39, 0.29) is 17.7 Å². The van der Waals surface area contributed by atoms with Crippen LogP contribution >= 0.6 is 11.8 Å². The number of pyridine rings is 1. The van der Waals surface area contributed by atoms with Crippen molar-refractivity contribution in [2.75, 3.05) is 16.8 Å². The van der Waals surface area contributed by atoms with Crippen LogP contribution < -0.4 is 15.5 Å². The smallest absolute Gasteiger partial charge is 0.261 e. The summed E-state index contributed by atoms with van der Waals surface area (Å²) in [6.07, 6.45) is 1.68. The average molecular weight is 447 g/mol. The number of aromatic nitrogens is 1. The van der Waals surface area contributed by atoms with Crippen LogP contribution in [0.2, 0.25) is 0 Å². The van der Waals surface area contributed by atoms with Gasteiger partial charge in [-0.05, 0) is 61.0 Å². The molecular formula is C24H22N4O3S. The number of nitrogens with one attached hydrogen (secondary N) is 2. The van der Waals surface area contributed by atoms with E-state index in [0.717, 1.165) is 16.1 Å². The minimum Gasteiger partial charge on any atom is -0.348 e. The molecule has 0 fully saturated rings. The van der Waals surface area contributed by atoms with Crippen molar-refractivity contribution in [2.45, 2.75) is 30.3 Å². The summed E-state index contributed by atoms with van der Waals surface area (Å²) in [6, 6.07) is 16.1. The number of carbonyl (C=O) groups excluding carboxylic acids is 3. The third kappa shape index (κ3) is 4.50. The molecule has 0 bridgehead atoms. The molecule has 0 saturated carbocycles. The molecule has 1 aliphatic heterocycles. The second-order valence-corrected chi connectivity index (χ2v) is 8.28. The number of nitrogens with zero attached hydrogens (tertiary/aromatic N) is 2. The van der Waals surface area contributed by atoms with Gasteiger partial charge in [-0.15, -0.1) is 0 Å². The standard InChI is InChI=1S/C24H22N4O3S/c1-3-28-20-11-6-16(13-21(20)32-23-19(24(28)31)5-4-12-25-23)14-26-22(30)17-7-9-18(10-8-17)27-15(2)29/h4-13H,3,14H2,1-2H3,(H,26,30)(H,27,29). The van der Waals surface area contributed by atoms with Gasteiger partial charge in [-0.1, -0.05) is 17.8 Å². The molecule has 162 valence electrons. The van der Waals surface area contributed by atoms with Crippen LogP contribution in [0.25, 0.3) is 0 Å². The highest BCUT2D eigenvalue weighted by Gasteiger charge is 2.27. The number of anilines is 2. The minimum absolute atomic E-state index is 0.0642. The number of rotatable bonds is 5. The molecular weight excluding hydrogens is 424 g/mol. The highest BCUT2D eigenvalue weighted by molar-refractivity contribution is 7.99. The van der Waals surface area contributed by atoms with Gasteiger partial charge in [0, 0.05) is 42.4 Å². The first-order valence-electron chi connectivity index (χ1n) is 10.2. The molecule has 0 atom stereocenters. The maximum atomic E-state index is 13.0. The first-order valence-corrected chi connectivity index (χ1v) is 11.0. The summed E-state index contributed by atoms with van der Waals surface area (Å²) in [5.41, 5.74) is 3.49. The summed E-state index contributed by atoms with van der Waals surface area (Å²) in [6.45, 7) is 4.27. The lowest BCUT2D eigenvalue weighted by molar-refractivity contribution is -0.114. The predicted octanol–water partition coefficient (Wildman–Crippen LogP) is 4.10. The molecule has 0 radical (unpaired) electrons. The van der Waals surface area contributed by atoms with Gasteiger partial charge in [0.25, 0.3) is 11.8 Å². The second kappa shape index (κ2) is 9.23. The lowest BCUT2D eigenvalue weighted by atomic mass is 10.1. The molecule has 32 heavy (non-hydrogen) atoms. The van der Waals surface area contributed by atoms with Crippen molar-refractivity contribution in [3.05, 3.63) is 77.5 Å². The lowest BCUT2D eigenvalue weighted by Gasteiger charge is -2.21. The first kappa shape index (κ1) is 21.6. The highest BCUT2D eigenvalue weighted by atomic mass is 32.2. The normalized spacial score (nSPS) is 12.4. The molecule has 0 spiro atoms. The van der Waals surface area contributed by atoms with Crippen molar-refractivity contribution in [3.8, 4) is 0 Å². The maximum Gasteiger partial charge on any atom is 0.261 e. The van der Waals surface area contributed by atoms with Crippen LogP contribution in [-0.4, -0.2) is 29.3 Å². The van der Waals surface area contributed by atoms with Crippen LogP contribution in [0.15, 0.2) is 70.7 Å². The largest absolute Gasteiger partial charge is 0.348 e. The van der Waals surface area contributed by atoms with Crippen LogP contribution in [0.5, 0.6) is 0 Å². The number of hydrogen-bond donors (Lipinski definition) is 2. The maximum absolute atomic E-state index is 13.0. The fraction of sp³-hybridized carbons (Fsp3) is 0.167. The van der Waals surface area contributed by atoms with Crippen LogP contribution in [-0.2, 0) is 11.3 Å². The fourth-order valence-electron chi connectivity index (χ4n) is 3.47. The fourth-order valence-corrected chi connectivity index (χ4v) is 4.55. The Labute approximate surface area is 190 Å². The number of fused-ring (bicyclic) bond motifs is 2. The van der Waals surface area contributed by atoms with Gasteiger partial charge in [0.1, 0.15) is 5.03 Å². The molecule has 2 aromatic carbocycles. The Morgan fingerprint density at radius 1 is 1.09 bits per heavy atom. The number of carbonyl (C=O) groups is 3. The summed E-state index contributed by atoms with van der Waals surface area (Å²) in [5, 5.41) is 6.27. The third-order valence-electron chi connectivity index (χ3n) is 5.01. The van der Waals surface area contributed by atoms with Crippen molar-refractivity contribution in [3.63, 3.8) is 0 Å². The van der Waals surface area contributed by atoms with E-state index in [2.05, 4.69) is 15.6 Å². The van der Waals surface area contributed by atoms with Gasteiger partial charge in [0.2, 0.25) is 5.91 Å². The zero-order chi connectivity index (χ0) is 22.7. The van der Waals surface area contributed by atoms with Gasteiger partial charge in [0.15, 0.2) is 0 Å². The van der Waals surface area contributed by atoms with Crippen LogP contribution in [0.1, 0.15) is 40.1 Å². The van der Waals surface area contributed by atoms with E-state index in [4.69, 9.17) is 0 Å². The zero-order valence-electron chi connectivity index (χ0n) is 17.7. The predicted molar refractivity (Wildman–Crippen MR) is 124 cm³/mol. The van der Waals surface area contributed by atoms with Crippen LogP contribution in [0.4, 0.5) is 11.4 Å². The van der Waals surface area contributed by atoms with Crippen LogP contribution in [0.3, 0.4) is 0 Å². The van der Waals surface area contributed by atoms with Crippen LogP contribution in [0, 0.1) is 0 Å². The van der Waals surface area contributed by atoms with E-state index < -0.39 is 0 Å². The van der Waals surface area contributed by atoms with Crippen molar-refractivity contribution in [1.29, 1.82) is 0 Å². The molecule has 3 aromatic rings. The van der Waals surface area contributed by atoms with Gasteiger partial charge in [-0.25, -0.2) is 4.98 Å². The Bertz CT molecular complexity index is 1190. The van der Waals surface area contributed by atoms with Crippen molar-refractivity contribution in [1.82, 2.24) is 10.3 Å². The Balaban J connectivity index is 1.51. The third-order valence-corrected chi connectivity index (χ3v) is 6.07. The summed E-state index contributed by atoms with van der Waals surface area (Å²) in [5.74, 6) is -0.436. The van der Waals surface area contributed by atoms with E-state index in [1.807, 2.05) is 25.1 Å². The Kier molecular flexibility index (Phi) is 6.23. The van der Waals surface area contributed by atoms with Crippen molar-refractivity contribution >= 4 is 40.9 Å². The van der Waals surface area contributed by atoms with Gasteiger partial charge < -0.3 is 15.5 Å². The quantitative estimate of drug-likeness (QED) is 0.616. The molecule has 7 nitrogen and oxygen atoms in total. The molecule has 3 amide bonds. The summed E-state index contributed by atoms with van der Waals surface area (Å²) < 4.78 is 0. The summed E-state index contributed by atoms with van der Waals surface area (Å²) in [4.78, 5) is 43.7. The molecule has 2 heterocycles. The average Bonchev–Trinajstić information content (AvgIpc) is 2.90. The van der Waals surface area contributed by atoms with E-state index >= 15 is 0 Å². The lowest BCUT2D eigenvalue weighted by Crippen LogP contribution is -2.30. The molecule has 4 rings (SSSR count). The Hall–Kier alpha value is -3.65. The highest BCUT2D eigenvalue weighted by Crippen LogP contribution is 2.40. The molecule has 8 heteroatoms. The van der Waals surface area contributed by atoms with Gasteiger partial charge in [-0.2, -0.15) is 0 Å². The topological polar surface area (TPSA) is 91.4 Å². The van der Waals surface area contributed by atoms with E-state index in [1.54, 1.807) is 47.5 Å². The van der Waals surface area contributed by atoms with E-state index in [9.17, 15) is 14.4 Å². The SMILES string of the molecule is CCN1C(=O)c2cccnc2Sc2cc(CNC(=O)c3ccc(NC(C)=O)cc3)ccc21. The van der Waals surface area contributed by atoms with E-state index in [1.165, 1.54) is 18.7 Å². The first-order chi connectivity index (χ1) is 15.5. The molecule has 1 aliphatic rings. The second-order valence-electron chi connectivity index (χ2n) is 7.25. The molecule has 2 N–H and O–H groups in total. The molecule has 0 unspecified atom stereocenters. The van der Waals surface area contributed by atoms with Gasteiger partial charge in [-0.3, -0.25) is 14.4 Å². The summed E-state index contributed by atoms with van der Waals surface area (Å²) in [7, 11) is 0. The number of benzene rings is 2. The van der Waals surface area contributed by atoms with Gasteiger partial charge >= 0.3 is 0 Å². The Morgan fingerprint density at radius 2 is 1.88 bits per heavy atom. The van der Waals surface area contributed by atoms with Gasteiger partial charge in [0.05, 0.1) is 11.3 Å². The van der Waals surface area contributed by atoms with Crippen molar-refractivity contribution < 1.29 is 14.4 Å². The monoisotopic (exact) mass is 446 g/mol. The zero-order valence-corrected chi connectivity index (χ0v) is 18.5. The number of amides is 3.